The van der Waals surface area contributed by atoms with Gasteiger partial charge in [-0.15, -0.1) is 0 Å². The summed E-state index contributed by atoms with van der Waals surface area (Å²) in [6.07, 6.45) is 3.35. The molecule has 1 aliphatic carbocycles. The first-order chi connectivity index (χ1) is 10.2. The fourth-order valence-electron chi connectivity index (χ4n) is 3.11. The number of nitrogens with two attached hydrogens (primary N) is 1. The number of nitrogens with zero attached hydrogens (tertiary/aromatic N) is 2. The molecule has 0 aliphatic heterocycles. The Kier molecular flexibility index (Phi) is 5.29. The van der Waals surface area contributed by atoms with Crippen LogP contribution in [0.5, 0.6) is 0 Å². The molecule has 126 valence electrons. The van der Waals surface area contributed by atoms with E-state index in [-0.39, 0.29) is 12.1 Å². The van der Waals surface area contributed by atoms with Crippen molar-refractivity contribution in [3.05, 3.63) is 11.4 Å². The Morgan fingerprint density at radius 2 is 1.86 bits per heavy atom. The fraction of sp³-hybridized carbons (Fsp3) is 0.800. The number of nitrogens with one attached hydrogen (secondary N) is 1. The number of rotatable bonds is 5. The summed E-state index contributed by atoms with van der Waals surface area (Å²) in [4.78, 5) is 0.336. The summed E-state index contributed by atoms with van der Waals surface area (Å²) in [7, 11) is -3.53. The van der Waals surface area contributed by atoms with Gasteiger partial charge >= 0.3 is 0 Å². The minimum absolute atomic E-state index is 0.0166. The van der Waals surface area contributed by atoms with Crippen LogP contribution in [0, 0.1) is 19.8 Å². The smallest absolute Gasteiger partial charge is 0.244 e. The zero-order valence-electron chi connectivity index (χ0n) is 14.0. The van der Waals surface area contributed by atoms with Crippen LogP contribution >= 0.6 is 0 Å². The number of hydrogen-bond donors (Lipinski definition) is 2. The van der Waals surface area contributed by atoms with Gasteiger partial charge < -0.3 is 5.73 Å². The molecule has 0 spiro atoms. The lowest BCUT2D eigenvalue weighted by atomic mass is 9.93. The molecular formula is C15H28N4O2S. The molecule has 1 aromatic heterocycles. The molecule has 1 fully saturated rings. The van der Waals surface area contributed by atoms with Crippen molar-refractivity contribution in [3.8, 4) is 0 Å². The second-order valence-corrected chi connectivity index (χ2v) is 8.46. The van der Waals surface area contributed by atoms with Crippen molar-refractivity contribution in [2.75, 3.05) is 0 Å². The SMILES string of the molecule is Cc1nn(CC(C)C)c(C)c1S(=O)(=O)NC1CCC(N)CC1. The molecule has 0 saturated heterocycles. The van der Waals surface area contributed by atoms with Crippen molar-refractivity contribution >= 4 is 10.0 Å². The summed E-state index contributed by atoms with van der Waals surface area (Å²) in [5.41, 5.74) is 7.16. The zero-order valence-corrected chi connectivity index (χ0v) is 14.8. The monoisotopic (exact) mass is 328 g/mol. The van der Waals surface area contributed by atoms with Crippen LogP contribution in [0.15, 0.2) is 4.90 Å². The van der Waals surface area contributed by atoms with E-state index in [1.807, 2.05) is 6.92 Å². The average molecular weight is 328 g/mol. The first kappa shape index (κ1) is 17.4. The van der Waals surface area contributed by atoms with Crippen LogP contribution in [-0.4, -0.2) is 30.3 Å². The lowest BCUT2D eigenvalue weighted by molar-refractivity contribution is 0.373. The summed E-state index contributed by atoms with van der Waals surface area (Å²) in [6.45, 7) is 8.49. The number of sulfonamides is 1. The minimum atomic E-state index is -3.53. The Bertz CT molecular complexity index is 614. The van der Waals surface area contributed by atoms with Gasteiger partial charge in [0.2, 0.25) is 10.0 Å². The first-order valence-electron chi connectivity index (χ1n) is 8.02. The van der Waals surface area contributed by atoms with Gasteiger partial charge in [-0.05, 0) is 45.4 Å². The number of hydrogen-bond acceptors (Lipinski definition) is 4. The summed E-state index contributed by atoms with van der Waals surface area (Å²) < 4.78 is 30.1. The number of aromatic nitrogens is 2. The predicted molar refractivity (Wildman–Crippen MR) is 87.1 cm³/mol. The maximum Gasteiger partial charge on any atom is 0.244 e. The third-order valence-electron chi connectivity index (χ3n) is 4.22. The molecule has 0 aromatic carbocycles. The molecule has 1 saturated carbocycles. The highest BCUT2D eigenvalue weighted by atomic mass is 32.2. The van der Waals surface area contributed by atoms with E-state index in [0.29, 0.717) is 22.2 Å². The Balaban J connectivity index is 2.20. The van der Waals surface area contributed by atoms with E-state index in [2.05, 4.69) is 23.7 Å². The van der Waals surface area contributed by atoms with Gasteiger partial charge in [-0.1, -0.05) is 13.8 Å². The maximum absolute atomic E-state index is 12.7. The average Bonchev–Trinajstić information content (AvgIpc) is 2.66. The molecule has 0 unspecified atom stereocenters. The highest BCUT2D eigenvalue weighted by Crippen LogP contribution is 2.23. The summed E-state index contributed by atoms with van der Waals surface area (Å²) in [5.74, 6) is 0.418. The highest BCUT2D eigenvalue weighted by molar-refractivity contribution is 7.89. The largest absolute Gasteiger partial charge is 0.328 e. The second-order valence-electron chi connectivity index (χ2n) is 6.81. The van der Waals surface area contributed by atoms with E-state index in [1.165, 1.54) is 0 Å². The summed E-state index contributed by atoms with van der Waals surface area (Å²) >= 11 is 0. The van der Waals surface area contributed by atoms with Crippen LogP contribution in [0.4, 0.5) is 0 Å². The van der Waals surface area contributed by atoms with Crippen molar-refractivity contribution in [1.29, 1.82) is 0 Å². The molecule has 6 nitrogen and oxygen atoms in total. The summed E-state index contributed by atoms with van der Waals surface area (Å²) in [6, 6.07) is 0.190. The number of aryl methyl sites for hydroxylation is 1. The van der Waals surface area contributed by atoms with Crippen LogP contribution in [0.25, 0.3) is 0 Å². The van der Waals surface area contributed by atoms with Gasteiger partial charge in [0.15, 0.2) is 0 Å². The van der Waals surface area contributed by atoms with Crippen LogP contribution in [-0.2, 0) is 16.6 Å². The molecule has 0 radical (unpaired) electrons. The Hall–Kier alpha value is -0.920. The van der Waals surface area contributed by atoms with E-state index in [1.54, 1.807) is 11.6 Å². The maximum atomic E-state index is 12.7. The van der Waals surface area contributed by atoms with E-state index in [4.69, 9.17) is 5.73 Å². The van der Waals surface area contributed by atoms with Crippen molar-refractivity contribution in [2.24, 2.45) is 11.7 Å². The van der Waals surface area contributed by atoms with Gasteiger partial charge in [0.25, 0.3) is 0 Å². The van der Waals surface area contributed by atoms with Gasteiger partial charge in [-0.25, -0.2) is 13.1 Å². The predicted octanol–water partition coefficient (Wildman–Crippen LogP) is 1.70. The topological polar surface area (TPSA) is 90.0 Å². The molecule has 1 heterocycles. The van der Waals surface area contributed by atoms with Gasteiger partial charge in [0.1, 0.15) is 4.90 Å². The van der Waals surface area contributed by atoms with Crippen LogP contribution in [0.1, 0.15) is 50.9 Å². The van der Waals surface area contributed by atoms with Gasteiger partial charge in [0, 0.05) is 18.6 Å². The van der Waals surface area contributed by atoms with Crippen molar-refractivity contribution in [1.82, 2.24) is 14.5 Å². The quantitative estimate of drug-likeness (QED) is 0.861. The van der Waals surface area contributed by atoms with E-state index < -0.39 is 10.0 Å². The van der Waals surface area contributed by atoms with Crippen LogP contribution < -0.4 is 10.5 Å². The second kappa shape index (κ2) is 6.68. The zero-order chi connectivity index (χ0) is 16.5. The lowest BCUT2D eigenvalue weighted by Gasteiger charge is -2.26. The van der Waals surface area contributed by atoms with Gasteiger partial charge in [-0.3, -0.25) is 4.68 Å². The molecule has 0 bridgehead atoms. The third kappa shape index (κ3) is 3.88. The summed E-state index contributed by atoms with van der Waals surface area (Å²) in [5, 5.41) is 4.40. The molecule has 1 aliphatic rings. The van der Waals surface area contributed by atoms with Gasteiger partial charge in [-0.2, -0.15) is 5.10 Å². The Morgan fingerprint density at radius 3 is 2.41 bits per heavy atom. The Morgan fingerprint density at radius 1 is 1.27 bits per heavy atom. The van der Waals surface area contributed by atoms with Crippen molar-refractivity contribution < 1.29 is 8.42 Å². The molecule has 3 N–H and O–H groups in total. The normalized spacial score (nSPS) is 23.2. The van der Waals surface area contributed by atoms with Crippen molar-refractivity contribution in [3.63, 3.8) is 0 Å². The molecule has 0 atom stereocenters. The van der Waals surface area contributed by atoms with E-state index >= 15 is 0 Å². The van der Waals surface area contributed by atoms with E-state index in [0.717, 1.165) is 32.2 Å². The molecule has 22 heavy (non-hydrogen) atoms. The van der Waals surface area contributed by atoms with Gasteiger partial charge in [0.05, 0.1) is 11.4 Å². The Labute approximate surface area is 133 Å². The standard InChI is InChI=1S/C15H28N4O2S/c1-10(2)9-19-12(4)15(11(3)17-19)22(20,21)18-14-7-5-13(16)6-8-14/h10,13-14,18H,5-9,16H2,1-4H3. The van der Waals surface area contributed by atoms with Crippen LogP contribution in [0.2, 0.25) is 0 Å². The van der Waals surface area contributed by atoms with Crippen molar-refractivity contribution in [2.45, 2.75) is 76.9 Å². The molecule has 1 aromatic rings. The fourth-order valence-corrected chi connectivity index (χ4v) is 4.82. The molecule has 7 heteroatoms. The third-order valence-corrected chi connectivity index (χ3v) is 5.99. The van der Waals surface area contributed by atoms with Crippen LogP contribution in [0.3, 0.4) is 0 Å². The molecule has 0 amide bonds. The lowest BCUT2D eigenvalue weighted by Crippen LogP contribution is -2.40. The molecule has 2 rings (SSSR count). The first-order valence-corrected chi connectivity index (χ1v) is 9.51. The molecular weight excluding hydrogens is 300 g/mol. The minimum Gasteiger partial charge on any atom is -0.328 e. The van der Waals surface area contributed by atoms with E-state index in [9.17, 15) is 8.42 Å². The highest BCUT2D eigenvalue weighted by Gasteiger charge is 2.29.